The van der Waals surface area contributed by atoms with Gasteiger partial charge in [-0.25, -0.2) is 0 Å². The van der Waals surface area contributed by atoms with E-state index in [0.717, 1.165) is 5.56 Å². The maximum atomic E-state index is 12.7. The highest BCUT2D eigenvalue weighted by atomic mass is 16.5. The number of carbonyl (C=O) groups is 1. The summed E-state index contributed by atoms with van der Waals surface area (Å²) in [7, 11) is 4.53. The Bertz CT molecular complexity index is 947. The molecule has 1 N–H and O–H groups in total. The van der Waals surface area contributed by atoms with E-state index in [0.29, 0.717) is 40.9 Å². The quantitative estimate of drug-likeness (QED) is 0.608. The third kappa shape index (κ3) is 4.99. The Hall–Kier alpha value is -3.67. The fraction of sp³-hybridized carbons (Fsp3) is 0.174. The van der Waals surface area contributed by atoms with Crippen molar-refractivity contribution in [3.63, 3.8) is 0 Å². The molecule has 0 fully saturated rings. The van der Waals surface area contributed by atoms with Crippen LogP contribution in [0.25, 0.3) is 0 Å². The average molecular weight is 393 g/mol. The number of ether oxygens (including phenoxy) is 4. The van der Waals surface area contributed by atoms with Crippen molar-refractivity contribution in [3.8, 4) is 23.0 Å². The molecule has 3 aromatic rings. The highest BCUT2D eigenvalue weighted by molar-refractivity contribution is 6.05. The Morgan fingerprint density at radius 1 is 0.828 bits per heavy atom. The van der Waals surface area contributed by atoms with E-state index in [2.05, 4.69) is 5.32 Å². The van der Waals surface area contributed by atoms with Crippen molar-refractivity contribution < 1.29 is 23.7 Å². The van der Waals surface area contributed by atoms with Crippen LogP contribution >= 0.6 is 0 Å². The SMILES string of the molecule is COc1cc(C(=O)Nc2cccc(OCc3ccccc3)c2)cc(OC)c1OC. The maximum Gasteiger partial charge on any atom is 0.255 e. The first-order chi connectivity index (χ1) is 14.1. The van der Waals surface area contributed by atoms with E-state index in [-0.39, 0.29) is 5.91 Å². The minimum Gasteiger partial charge on any atom is -0.493 e. The largest absolute Gasteiger partial charge is 0.493 e. The van der Waals surface area contributed by atoms with Crippen LogP contribution in [0.1, 0.15) is 15.9 Å². The molecule has 0 heterocycles. The molecule has 0 aliphatic carbocycles. The van der Waals surface area contributed by atoms with E-state index in [1.54, 1.807) is 24.3 Å². The molecule has 6 heteroatoms. The molecule has 0 saturated heterocycles. The summed E-state index contributed by atoms with van der Waals surface area (Å²) in [6.45, 7) is 0.450. The summed E-state index contributed by atoms with van der Waals surface area (Å²) in [6, 6.07) is 20.3. The van der Waals surface area contributed by atoms with Gasteiger partial charge >= 0.3 is 0 Å². The number of nitrogens with one attached hydrogen (secondary N) is 1. The van der Waals surface area contributed by atoms with Crippen molar-refractivity contribution in [3.05, 3.63) is 77.9 Å². The average Bonchev–Trinajstić information content (AvgIpc) is 2.77. The lowest BCUT2D eigenvalue weighted by Crippen LogP contribution is -2.12. The minimum absolute atomic E-state index is 0.301. The lowest BCUT2D eigenvalue weighted by molar-refractivity contribution is 0.102. The van der Waals surface area contributed by atoms with Crippen LogP contribution in [0.3, 0.4) is 0 Å². The summed E-state index contributed by atoms with van der Waals surface area (Å²) in [5.74, 6) is 1.62. The Kier molecular flexibility index (Phi) is 6.58. The molecule has 3 aromatic carbocycles. The van der Waals surface area contributed by atoms with Crippen molar-refractivity contribution in [1.29, 1.82) is 0 Å². The van der Waals surface area contributed by atoms with Crippen molar-refractivity contribution in [2.75, 3.05) is 26.6 Å². The molecule has 0 aliphatic heterocycles. The van der Waals surface area contributed by atoms with Crippen LogP contribution in [-0.4, -0.2) is 27.2 Å². The number of rotatable bonds is 8. The summed E-state index contributed by atoms with van der Waals surface area (Å²) in [6.07, 6.45) is 0. The maximum absolute atomic E-state index is 12.7. The number of hydrogen-bond acceptors (Lipinski definition) is 5. The number of anilines is 1. The molecule has 0 unspecified atom stereocenters. The van der Waals surface area contributed by atoms with E-state index >= 15 is 0 Å². The van der Waals surface area contributed by atoms with Crippen LogP contribution in [0.4, 0.5) is 5.69 Å². The van der Waals surface area contributed by atoms with Gasteiger partial charge in [0.1, 0.15) is 12.4 Å². The molecular weight excluding hydrogens is 370 g/mol. The predicted molar refractivity (Wildman–Crippen MR) is 111 cm³/mol. The van der Waals surface area contributed by atoms with Crippen molar-refractivity contribution in [2.45, 2.75) is 6.61 Å². The van der Waals surface area contributed by atoms with Gasteiger partial charge in [-0.05, 0) is 29.8 Å². The minimum atomic E-state index is -0.301. The summed E-state index contributed by atoms with van der Waals surface area (Å²) in [5, 5.41) is 2.87. The highest BCUT2D eigenvalue weighted by Gasteiger charge is 2.17. The van der Waals surface area contributed by atoms with Gasteiger partial charge in [0.25, 0.3) is 5.91 Å². The molecule has 0 aliphatic rings. The van der Waals surface area contributed by atoms with Crippen molar-refractivity contribution >= 4 is 11.6 Å². The molecule has 0 spiro atoms. The summed E-state index contributed by atoms with van der Waals surface area (Å²) >= 11 is 0. The number of benzene rings is 3. The van der Waals surface area contributed by atoms with E-state index in [1.807, 2.05) is 42.5 Å². The molecule has 3 rings (SSSR count). The Labute approximate surface area is 170 Å². The summed E-state index contributed by atoms with van der Waals surface area (Å²) in [4.78, 5) is 12.7. The van der Waals surface area contributed by atoms with E-state index in [9.17, 15) is 4.79 Å². The first-order valence-corrected chi connectivity index (χ1v) is 9.02. The van der Waals surface area contributed by atoms with Gasteiger partial charge in [-0.3, -0.25) is 4.79 Å². The smallest absolute Gasteiger partial charge is 0.255 e. The molecule has 0 aromatic heterocycles. The molecule has 150 valence electrons. The fourth-order valence-corrected chi connectivity index (χ4v) is 2.82. The molecule has 0 atom stereocenters. The van der Waals surface area contributed by atoms with Gasteiger partial charge in [-0.15, -0.1) is 0 Å². The van der Waals surface area contributed by atoms with Crippen LogP contribution in [0.5, 0.6) is 23.0 Å². The Morgan fingerprint density at radius 3 is 2.14 bits per heavy atom. The zero-order valence-corrected chi connectivity index (χ0v) is 16.6. The molecule has 0 saturated carbocycles. The second-order valence-electron chi connectivity index (χ2n) is 6.17. The third-order valence-electron chi connectivity index (χ3n) is 4.27. The number of amides is 1. The highest BCUT2D eigenvalue weighted by Crippen LogP contribution is 2.38. The third-order valence-corrected chi connectivity index (χ3v) is 4.27. The Balaban J connectivity index is 1.74. The van der Waals surface area contributed by atoms with Crippen molar-refractivity contribution in [2.24, 2.45) is 0 Å². The summed E-state index contributed by atoms with van der Waals surface area (Å²) < 4.78 is 21.7. The van der Waals surface area contributed by atoms with Crippen LogP contribution in [0.2, 0.25) is 0 Å². The molecule has 6 nitrogen and oxygen atoms in total. The molecule has 1 amide bonds. The van der Waals surface area contributed by atoms with Gasteiger partial charge in [-0.2, -0.15) is 0 Å². The number of hydrogen-bond donors (Lipinski definition) is 1. The van der Waals surface area contributed by atoms with Gasteiger partial charge in [0.15, 0.2) is 11.5 Å². The normalized spacial score (nSPS) is 10.2. The van der Waals surface area contributed by atoms with Gasteiger partial charge in [0.05, 0.1) is 21.3 Å². The Morgan fingerprint density at radius 2 is 1.52 bits per heavy atom. The zero-order valence-electron chi connectivity index (χ0n) is 16.6. The van der Waals surface area contributed by atoms with Crippen LogP contribution < -0.4 is 24.3 Å². The van der Waals surface area contributed by atoms with Gasteiger partial charge in [0.2, 0.25) is 5.75 Å². The number of methoxy groups -OCH3 is 3. The first kappa shape index (κ1) is 20.1. The lowest BCUT2D eigenvalue weighted by Gasteiger charge is -2.14. The first-order valence-electron chi connectivity index (χ1n) is 9.02. The predicted octanol–water partition coefficient (Wildman–Crippen LogP) is 4.54. The van der Waals surface area contributed by atoms with Gasteiger partial charge < -0.3 is 24.3 Å². The van der Waals surface area contributed by atoms with E-state index in [4.69, 9.17) is 18.9 Å². The van der Waals surface area contributed by atoms with Crippen molar-refractivity contribution in [1.82, 2.24) is 0 Å². The van der Waals surface area contributed by atoms with Crippen LogP contribution in [0, 0.1) is 0 Å². The topological polar surface area (TPSA) is 66.0 Å². The second kappa shape index (κ2) is 9.50. The number of carbonyl (C=O) groups excluding carboxylic acids is 1. The van der Waals surface area contributed by atoms with Crippen LogP contribution in [-0.2, 0) is 6.61 Å². The summed E-state index contributed by atoms with van der Waals surface area (Å²) in [5.41, 5.74) is 2.07. The zero-order chi connectivity index (χ0) is 20.6. The monoisotopic (exact) mass is 393 g/mol. The standard InChI is InChI=1S/C23H23NO5/c1-26-20-12-17(13-21(27-2)22(20)28-3)23(25)24-18-10-7-11-19(14-18)29-15-16-8-5-4-6-9-16/h4-14H,15H2,1-3H3,(H,24,25). The lowest BCUT2D eigenvalue weighted by atomic mass is 10.1. The fourth-order valence-electron chi connectivity index (χ4n) is 2.82. The molecule has 0 bridgehead atoms. The molecule has 29 heavy (non-hydrogen) atoms. The van der Waals surface area contributed by atoms with Crippen LogP contribution in [0.15, 0.2) is 66.7 Å². The van der Waals surface area contributed by atoms with E-state index in [1.165, 1.54) is 21.3 Å². The van der Waals surface area contributed by atoms with Gasteiger partial charge in [-0.1, -0.05) is 36.4 Å². The van der Waals surface area contributed by atoms with Gasteiger partial charge in [0, 0.05) is 17.3 Å². The second-order valence-corrected chi connectivity index (χ2v) is 6.17. The van der Waals surface area contributed by atoms with E-state index < -0.39 is 0 Å². The molecule has 0 radical (unpaired) electrons. The molecular formula is C23H23NO5.